The molecule has 34 heavy (non-hydrogen) atoms. The van der Waals surface area contributed by atoms with E-state index in [9.17, 15) is 19.8 Å². The third-order valence-corrected chi connectivity index (χ3v) is 5.15. The van der Waals surface area contributed by atoms with E-state index < -0.39 is 18.2 Å². The Labute approximate surface area is 199 Å². The van der Waals surface area contributed by atoms with Crippen LogP contribution in [-0.4, -0.2) is 61.3 Å². The normalized spacial score (nSPS) is 12.9. The minimum atomic E-state index is -0.946. The van der Waals surface area contributed by atoms with Crippen molar-refractivity contribution in [3.8, 4) is 11.5 Å². The molecular weight excluding hydrogens is 440 g/mol. The molecule has 0 fully saturated rings. The molecule has 2 unspecified atom stereocenters. The van der Waals surface area contributed by atoms with Gasteiger partial charge in [0.1, 0.15) is 50.1 Å². The third-order valence-electron chi connectivity index (χ3n) is 5.15. The summed E-state index contributed by atoms with van der Waals surface area (Å²) >= 11 is 0. The molecule has 2 atom stereocenters. The lowest BCUT2D eigenvalue weighted by Crippen LogP contribution is -2.25. The van der Waals surface area contributed by atoms with Gasteiger partial charge in [0, 0.05) is 11.0 Å². The Morgan fingerprint density at radius 2 is 1.32 bits per heavy atom. The predicted molar refractivity (Wildman–Crippen MR) is 126 cm³/mol. The van der Waals surface area contributed by atoms with Crippen molar-refractivity contribution >= 4 is 12.4 Å². The highest BCUT2D eigenvalue weighted by molar-refractivity contribution is 5.86. The minimum Gasteiger partial charge on any atom is -0.491 e. The van der Waals surface area contributed by atoms with Gasteiger partial charge in [-0.25, -0.2) is 4.79 Å². The monoisotopic (exact) mass is 472 g/mol. The molecule has 0 amide bonds. The molecule has 184 valence electrons. The van der Waals surface area contributed by atoms with Gasteiger partial charge >= 0.3 is 5.97 Å². The third kappa shape index (κ3) is 8.20. The molecule has 0 aromatic heterocycles. The van der Waals surface area contributed by atoms with Crippen molar-refractivity contribution in [3.05, 3.63) is 71.8 Å². The second-order valence-electron chi connectivity index (χ2n) is 8.41. The highest BCUT2D eigenvalue weighted by atomic mass is 16.6. The smallest absolute Gasteiger partial charge is 0.333 e. The summed E-state index contributed by atoms with van der Waals surface area (Å²) in [7, 11) is 0. The van der Waals surface area contributed by atoms with Gasteiger partial charge in [-0.1, -0.05) is 44.7 Å². The molecule has 0 bridgehead atoms. The van der Waals surface area contributed by atoms with E-state index in [0.717, 1.165) is 11.1 Å². The van der Waals surface area contributed by atoms with Gasteiger partial charge in [-0.2, -0.15) is 0 Å². The van der Waals surface area contributed by atoms with Crippen LogP contribution in [0.4, 0.5) is 0 Å². The Morgan fingerprint density at radius 3 is 1.74 bits per heavy atom. The van der Waals surface area contributed by atoms with Crippen LogP contribution in [0.5, 0.6) is 11.5 Å². The van der Waals surface area contributed by atoms with Crippen LogP contribution in [0.3, 0.4) is 0 Å². The summed E-state index contributed by atoms with van der Waals surface area (Å²) in [4.78, 5) is 21.5. The Kier molecular flexibility index (Phi) is 10.1. The maximum atomic E-state index is 11.4. The van der Waals surface area contributed by atoms with Crippen molar-refractivity contribution in [2.75, 3.05) is 26.4 Å². The summed E-state index contributed by atoms with van der Waals surface area (Å²) in [6.07, 6.45) is -1.84. The van der Waals surface area contributed by atoms with Gasteiger partial charge in [0.2, 0.25) is 0 Å². The standard InChI is InChI=1S/C26H32O8/c1-18(2)25(30)34-16-22(29)15-33-24-11-7-20(8-12-24)26(3,4)19-5-9-23(10-6-19)32-14-21(28)13-31-17-27/h5-12,17,21-22,28-29H,1,13-16H2,2-4H3. The quantitative estimate of drug-likeness (QED) is 0.245. The number of aliphatic hydroxyl groups is 2. The Hall–Kier alpha value is -3.36. The first-order valence-electron chi connectivity index (χ1n) is 10.8. The number of carbonyl (C=O) groups excluding carboxylic acids is 2. The van der Waals surface area contributed by atoms with Crippen molar-refractivity contribution in [2.24, 2.45) is 0 Å². The van der Waals surface area contributed by atoms with E-state index >= 15 is 0 Å². The zero-order valence-electron chi connectivity index (χ0n) is 19.7. The second-order valence-corrected chi connectivity index (χ2v) is 8.41. The number of aliphatic hydroxyl groups excluding tert-OH is 2. The van der Waals surface area contributed by atoms with E-state index in [1.165, 1.54) is 6.92 Å². The number of benzene rings is 2. The van der Waals surface area contributed by atoms with Gasteiger partial charge in [-0.15, -0.1) is 0 Å². The molecule has 8 heteroatoms. The van der Waals surface area contributed by atoms with Gasteiger partial charge in [-0.05, 0) is 42.3 Å². The van der Waals surface area contributed by atoms with Gasteiger partial charge < -0.3 is 29.2 Å². The van der Waals surface area contributed by atoms with Crippen LogP contribution in [0.1, 0.15) is 31.9 Å². The summed E-state index contributed by atoms with van der Waals surface area (Å²) in [5, 5.41) is 19.6. The molecule has 2 N–H and O–H groups in total. The Bertz CT molecular complexity index is 934. The fraction of sp³-hybridized carbons (Fsp3) is 0.385. The molecule has 2 aromatic rings. The van der Waals surface area contributed by atoms with Gasteiger partial charge in [-0.3, -0.25) is 4.79 Å². The molecule has 0 radical (unpaired) electrons. The lowest BCUT2D eigenvalue weighted by atomic mass is 9.78. The summed E-state index contributed by atoms with van der Waals surface area (Å²) in [5.41, 5.74) is 2.09. The molecular formula is C26H32O8. The zero-order chi connectivity index (χ0) is 25.1. The van der Waals surface area contributed by atoms with Crippen LogP contribution in [0.15, 0.2) is 60.7 Å². The van der Waals surface area contributed by atoms with Gasteiger partial charge in [0.15, 0.2) is 0 Å². The lowest BCUT2D eigenvalue weighted by molar-refractivity contribution is -0.142. The average molecular weight is 473 g/mol. The first kappa shape index (κ1) is 26.9. The fourth-order valence-electron chi connectivity index (χ4n) is 3.03. The highest BCUT2D eigenvalue weighted by Crippen LogP contribution is 2.33. The maximum absolute atomic E-state index is 11.4. The summed E-state index contributed by atoms with van der Waals surface area (Å²) in [6.45, 7) is 9.23. The van der Waals surface area contributed by atoms with Crippen molar-refractivity contribution < 1.29 is 38.7 Å². The first-order valence-corrected chi connectivity index (χ1v) is 10.8. The topological polar surface area (TPSA) is 112 Å². The van der Waals surface area contributed by atoms with Crippen LogP contribution in [-0.2, 0) is 24.5 Å². The molecule has 0 heterocycles. The molecule has 2 aromatic carbocycles. The van der Waals surface area contributed by atoms with E-state index in [-0.39, 0.29) is 43.9 Å². The summed E-state index contributed by atoms with van der Waals surface area (Å²) in [6, 6.07) is 15.1. The first-order chi connectivity index (χ1) is 16.1. The average Bonchev–Trinajstić information content (AvgIpc) is 2.83. The van der Waals surface area contributed by atoms with E-state index in [2.05, 4.69) is 25.2 Å². The zero-order valence-corrected chi connectivity index (χ0v) is 19.7. The number of ether oxygens (including phenoxy) is 4. The van der Waals surface area contributed by atoms with Crippen LogP contribution in [0.2, 0.25) is 0 Å². The van der Waals surface area contributed by atoms with Crippen molar-refractivity contribution in [1.82, 2.24) is 0 Å². The highest BCUT2D eigenvalue weighted by Gasteiger charge is 2.23. The summed E-state index contributed by atoms with van der Waals surface area (Å²) < 4.78 is 20.5. The molecule has 0 spiro atoms. The maximum Gasteiger partial charge on any atom is 0.333 e. The lowest BCUT2D eigenvalue weighted by Gasteiger charge is -2.26. The van der Waals surface area contributed by atoms with Crippen molar-refractivity contribution in [3.63, 3.8) is 0 Å². The van der Waals surface area contributed by atoms with Crippen molar-refractivity contribution in [1.29, 1.82) is 0 Å². The Balaban J connectivity index is 1.90. The number of rotatable bonds is 14. The van der Waals surface area contributed by atoms with Crippen molar-refractivity contribution in [2.45, 2.75) is 38.4 Å². The summed E-state index contributed by atoms with van der Waals surface area (Å²) in [5.74, 6) is 0.638. The fourth-order valence-corrected chi connectivity index (χ4v) is 3.03. The van der Waals surface area contributed by atoms with E-state index in [1.54, 1.807) is 0 Å². The molecule has 0 aliphatic carbocycles. The molecule has 2 rings (SSSR count). The van der Waals surface area contributed by atoms with Crippen LogP contribution < -0.4 is 9.47 Å². The molecule has 0 aliphatic heterocycles. The number of carbonyl (C=O) groups is 2. The second kappa shape index (κ2) is 12.8. The molecule has 0 saturated heterocycles. The number of hydrogen-bond acceptors (Lipinski definition) is 8. The van der Waals surface area contributed by atoms with Crippen LogP contribution in [0, 0.1) is 0 Å². The molecule has 8 nitrogen and oxygen atoms in total. The largest absolute Gasteiger partial charge is 0.491 e. The predicted octanol–water partition coefficient (Wildman–Crippen LogP) is 2.78. The van der Waals surface area contributed by atoms with Crippen LogP contribution in [0.25, 0.3) is 0 Å². The number of hydrogen-bond donors (Lipinski definition) is 2. The van der Waals surface area contributed by atoms with E-state index in [0.29, 0.717) is 11.5 Å². The Morgan fingerprint density at radius 1 is 0.882 bits per heavy atom. The number of esters is 1. The van der Waals surface area contributed by atoms with Gasteiger partial charge in [0.05, 0.1) is 0 Å². The van der Waals surface area contributed by atoms with E-state index in [1.807, 2.05) is 48.5 Å². The SMILES string of the molecule is C=C(C)C(=O)OCC(O)COc1ccc(C(C)(C)c2ccc(OCC(O)COC=O)cc2)cc1. The van der Waals surface area contributed by atoms with Gasteiger partial charge in [0.25, 0.3) is 6.47 Å². The van der Waals surface area contributed by atoms with Crippen LogP contribution >= 0.6 is 0 Å². The molecule has 0 saturated carbocycles. The van der Waals surface area contributed by atoms with E-state index in [4.69, 9.17) is 14.2 Å². The minimum absolute atomic E-state index is 0.0103. The molecule has 0 aliphatic rings.